The first-order valence-corrected chi connectivity index (χ1v) is 9.22. The third-order valence-corrected chi connectivity index (χ3v) is 6.37. The second-order valence-electron chi connectivity index (χ2n) is 5.31. The molecule has 0 aliphatic carbocycles. The van der Waals surface area contributed by atoms with Gasteiger partial charge < -0.3 is 10.3 Å². The highest BCUT2D eigenvalue weighted by atomic mass is 31.2. The molecular weight excluding hydrogens is 301 g/mol. The molecule has 0 radical (unpaired) electrons. The van der Waals surface area contributed by atoms with Gasteiger partial charge in [0.2, 0.25) is 0 Å². The third-order valence-electron chi connectivity index (χ3n) is 3.67. The molecule has 0 aromatic heterocycles. The molecule has 0 saturated carbocycles. The summed E-state index contributed by atoms with van der Waals surface area (Å²) in [5.41, 5.74) is 7.45. The Morgan fingerprint density at radius 2 is 1.30 bits per heavy atom. The molecule has 114 valence electrons. The first kappa shape index (κ1) is 15.3. The summed E-state index contributed by atoms with van der Waals surface area (Å²) in [5.74, 6) is 1.81. The Bertz CT molecular complexity index is 814. The average molecular weight is 319 g/mol. The van der Waals surface area contributed by atoms with Crippen molar-refractivity contribution in [1.29, 1.82) is 0 Å². The largest absolute Gasteiger partial charge is 0.399 e. The molecular formula is C20H18NOP. The van der Waals surface area contributed by atoms with Crippen molar-refractivity contribution in [3.63, 3.8) is 0 Å². The standard InChI is InChI=1S/C20H18NOP/c21-18-9-7-8-17(16-18)14-15-23(22,19-10-3-1-4-11-19)20-12-5-2-6-13-20/h1-16H,21H2/b15-14+. The van der Waals surface area contributed by atoms with Gasteiger partial charge in [-0.1, -0.05) is 78.9 Å². The molecule has 0 heterocycles. The Morgan fingerprint density at radius 3 is 1.83 bits per heavy atom. The smallest absolute Gasteiger partial charge is 0.164 e. The van der Waals surface area contributed by atoms with Crippen LogP contribution in [-0.4, -0.2) is 0 Å². The number of nitrogens with two attached hydrogens (primary N) is 1. The molecule has 23 heavy (non-hydrogen) atoms. The van der Waals surface area contributed by atoms with E-state index >= 15 is 0 Å². The maximum absolute atomic E-state index is 13.8. The van der Waals surface area contributed by atoms with Crippen LogP contribution >= 0.6 is 7.14 Å². The summed E-state index contributed by atoms with van der Waals surface area (Å²) in [6.07, 6.45) is 1.89. The monoisotopic (exact) mass is 319 g/mol. The normalized spacial score (nSPS) is 11.7. The van der Waals surface area contributed by atoms with E-state index in [0.717, 1.165) is 16.2 Å². The first-order valence-electron chi connectivity index (χ1n) is 7.44. The topological polar surface area (TPSA) is 43.1 Å². The lowest BCUT2D eigenvalue weighted by Gasteiger charge is -2.15. The number of anilines is 1. The van der Waals surface area contributed by atoms with Gasteiger partial charge in [0, 0.05) is 16.3 Å². The number of rotatable bonds is 4. The van der Waals surface area contributed by atoms with Crippen LogP contribution in [0.1, 0.15) is 5.56 Å². The zero-order chi connectivity index (χ0) is 16.1. The van der Waals surface area contributed by atoms with Gasteiger partial charge in [0.1, 0.15) is 0 Å². The molecule has 0 aliphatic heterocycles. The van der Waals surface area contributed by atoms with Gasteiger partial charge in [-0.15, -0.1) is 0 Å². The fourth-order valence-electron chi connectivity index (χ4n) is 2.47. The maximum atomic E-state index is 13.8. The molecule has 0 fully saturated rings. The summed E-state index contributed by atoms with van der Waals surface area (Å²) in [4.78, 5) is 0. The highest BCUT2D eigenvalue weighted by Crippen LogP contribution is 2.45. The van der Waals surface area contributed by atoms with Crippen LogP contribution in [0.5, 0.6) is 0 Å². The fraction of sp³-hybridized carbons (Fsp3) is 0. The highest BCUT2D eigenvalue weighted by molar-refractivity contribution is 7.81. The van der Waals surface area contributed by atoms with Gasteiger partial charge in [-0.25, -0.2) is 0 Å². The third kappa shape index (κ3) is 3.44. The summed E-state index contributed by atoms with van der Waals surface area (Å²) in [6, 6.07) is 26.7. The van der Waals surface area contributed by atoms with Gasteiger partial charge >= 0.3 is 0 Å². The number of benzene rings is 3. The number of hydrogen-bond donors (Lipinski definition) is 1. The van der Waals surface area contributed by atoms with Crippen LogP contribution in [-0.2, 0) is 4.57 Å². The van der Waals surface area contributed by atoms with E-state index in [1.54, 1.807) is 0 Å². The van der Waals surface area contributed by atoms with Crippen molar-refractivity contribution in [2.75, 3.05) is 5.73 Å². The van der Waals surface area contributed by atoms with Crippen molar-refractivity contribution in [3.05, 3.63) is 96.3 Å². The van der Waals surface area contributed by atoms with Crippen LogP contribution in [0.25, 0.3) is 6.08 Å². The van der Waals surface area contributed by atoms with Gasteiger partial charge in [-0.2, -0.15) is 0 Å². The summed E-state index contributed by atoms with van der Waals surface area (Å²) < 4.78 is 13.8. The number of hydrogen-bond acceptors (Lipinski definition) is 2. The van der Waals surface area contributed by atoms with E-state index < -0.39 is 7.14 Å². The van der Waals surface area contributed by atoms with Crippen LogP contribution in [0.2, 0.25) is 0 Å². The molecule has 0 amide bonds. The molecule has 3 aromatic rings. The van der Waals surface area contributed by atoms with Gasteiger partial charge in [0.05, 0.1) is 0 Å². The van der Waals surface area contributed by atoms with Crippen molar-refractivity contribution >= 4 is 29.5 Å². The van der Waals surface area contributed by atoms with E-state index in [0.29, 0.717) is 5.69 Å². The van der Waals surface area contributed by atoms with Crippen molar-refractivity contribution < 1.29 is 4.57 Å². The first-order chi connectivity index (χ1) is 11.2. The maximum Gasteiger partial charge on any atom is 0.164 e. The van der Waals surface area contributed by atoms with E-state index in [1.165, 1.54) is 0 Å². The average Bonchev–Trinajstić information content (AvgIpc) is 2.61. The van der Waals surface area contributed by atoms with E-state index in [1.807, 2.05) is 96.8 Å². The summed E-state index contributed by atoms with van der Waals surface area (Å²) in [5, 5.41) is 1.65. The van der Waals surface area contributed by atoms with E-state index in [2.05, 4.69) is 0 Å². The summed E-state index contributed by atoms with van der Waals surface area (Å²) in [7, 11) is -2.83. The molecule has 0 aliphatic rings. The van der Waals surface area contributed by atoms with E-state index in [4.69, 9.17) is 5.73 Å². The van der Waals surface area contributed by atoms with Crippen LogP contribution < -0.4 is 16.3 Å². The molecule has 3 heteroatoms. The molecule has 0 bridgehead atoms. The second kappa shape index (κ2) is 6.68. The van der Waals surface area contributed by atoms with Gasteiger partial charge in [-0.05, 0) is 23.5 Å². The predicted octanol–water partition coefficient (Wildman–Crippen LogP) is 4.25. The minimum atomic E-state index is -2.83. The lowest BCUT2D eigenvalue weighted by atomic mass is 10.2. The quantitative estimate of drug-likeness (QED) is 0.577. The molecule has 3 rings (SSSR count). The minimum Gasteiger partial charge on any atom is -0.399 e. The van der Waals surface area contributed by atoms with E-state index in [9.17, 15) is 4.57 Å². The summed E-state index contributed by atoms with van der Waals surface area (Å²) >= 11 is 0. The molecule has 0 saturated heterocycles. The fourth-order valence-corrected chi connectivity index (χ4v) is 4.73. The molecule has 0 atom stereocenters. The molecule has 2 nitrogen and oxygen atoms in total. The van der Waals surface area contributed by atoms with Crippen molar-refractivity contribution in [3.8, 4) is 0 Å². The van der Waals surface area contributed by atoms with Crippen molar-refractivity contribution in [1.82, 2.24) is 0 Å². The van der Waals surface area contributed by atoms with E-state index in [-0.39, 0.29) is 0 Å². The Morgan fingerprint density at radius 1 is 0.739 bits per heavy atom. The predicted molar refractivity (Wildman–Crippen MR) is 99.6 cm³/mol. The lowest BCUT2D eigenvalue weighted by Crippen LogP contribution is -2.13. The molecule has 0 spiro atoms. The zero-order valence-electron chi connectivity index (χ0n) is 12.7. The number of nitrogen functional groups attached to an aromatic ring is 1. The van der Waals surface area contributed by atoms with Crippen LogP contribution in [0.3, 0.4) is 0 Å². The lowest BCUT2D eigenvalue weighted by molar-refractivity contribution is 0.592. The Hall–Kier alpha value is -2.57. The SMILES string of the molecule is Nc1cccc(/C=C/P(=O)(c2ccccc2)c2ccccc2)c1. The second-order valence-corrected chi connectivity index (χ2v) is 7.96. The Balaban J connectivity index is 2.08. The van der Waals surface area contributed by atoms with Gasteiger partial charge in [0.15, 0.2) is 7.14 Å². The highest BCUT2D eigenvalue weighted by Gasteiger charge is 2.23. The van der Waals surface area contributed by atoms with Crippen molar-refractivity contribution in [2.24, 2.45) is 0 Å². The van der Waals surface area contributed by atoms with Crippen LogP contribution in [0, 0.1) is 0 Å². The van der Waals surface area contributed by atoms with Crippen LogP contribution in [0.4, 0.5) is 5.69 Å². The summed E-state index contributed by atoms with van der Waals surface area (Å²) in [6.45, 7) is 0. The van der Waals surface area contributed by atoms with Gasteiger partial charge in [-0.3, -0.25) is 0 Å². The van der Waals surface area contributed by atoms with Gasteiger partial charge in [0.25, 0.3) is 0 Å². The molecule has 0 unspecified atom stereocenters. The van der Waals surface area contributed by atoms with Crippen LogP contribution in [0.15, 0.2) is 90.7 Å². The Kier molecular flexibility index (Phi) is 4.45. The molecule has 3 aromatic carbocycles. The minimum absolute atomic E-state index is 0.696. The zero-order valence-corrected chi connectivity index (χ0v) is 13.6. The van der Waals surface area contributed by atoms with Crippen molar-refractivity contribution in [2.45, 2.75) is 0 Å². The Labute approximate surface area is 136 Å². The molecule has 2 N–H and O–H groups in total.